The van der Waals surface area contributed by atoms with Crippen LogP contribution in [-0.4, -0.2) is 24.2 Å². The Morgan fingerprint density at radius 1 is 1.43 bits per heavy atom. The fourth-order valence-corrected chi connectivity index (χ4v) is 3.19. The summed E-state index contributed by atoms with van der Waals surface area (Å²) >= 11 is 0. The highest BCUT2D eigenvalue weighted by Crippen LogP contribution is 2.49. The van der Waals surface area contributed by atoms with Gasteiger partial charge in [-0.05, 0) is 18.9 Å². The van der Waals surface area contributed by atoms with E-state index in [0.29, 0.717) is 5.75 Å². The average molecular weight is 294 g/mol. The van der Waals surface area contributed by atoms with E-state index in [2.05, 4.69) is 13.8 Å². The zero-order valence-electron chi connectivity index (χ0n) is 12.7. The molecule has 2 unspecified atom stereocenters. The van der Waals surface area contributed by atoms with Crippen LogP contribution in [0.4, 0.5) is 5.69 Å². The Morgan fingerprint density at radius 2 is 2.10 bits per heavy atom. The van der Waals surface area contributed by atoms with Crippen molar-refractivity contribution in [2.45, 2.75) is 45.3 Å². The zero-order valence-corrected chi connectivity index (χ0v) is 12.7. The minimum absolute atomic E-state index is 0.0441. The van der Waals surface area contributed by atoms with Gasteiger partial charge in [0.1, 0.15) is 11.9 Å². The van der Waals surface area contributed by atoms with E-state index in [9.17, 15) is 10.1 Å². The molecule has 0 bridgehead atoms. The SMILES string of the molecule is CCC1(CC)C(N)CC1Oc1cc(OC)ccc1[N+](=O)[O-]. The lowest BCUT2D eigenvalue weighted by atomic mass is 9.59. The number of rotatable bonds is 6. The first-order chi connectivity index (χ1) is 9.98. The molecule has 2 rings (SSSR count). The normalized spacial score (nSPS) is 23.2. The van der Waals surface area contributed by atoms with Crippen molar-refractivity contribution in [3.05, 3.63) is 28.3 Å². The van der Waals surface area contributed by atoms with E-state index in [1.54, 1.807) is 12.1 Å². The molecule has 1 saturated carbocycles. The van der Waals surface area contributed by atoms with Crippen LogP contribution in [0.15, 0.2) is 18.2 Å². The Balaban J connectivity index is 2.29. The summed E-state index contributed by atoms with van der Waals surface area (Å²) in [5.74, 6) is 0.792. The fraction of sp³-hybridized carbons (Fsp3) is 0.600. The predicted molar refractivity (Wildman–Crippen MR) is 79.7 cm³/mol. The molecule has 6 heteroatoms. The van der Waals surface area contributed by atoms with Crippen molar-refractivity contribution in [3.63, 3.8) is 0 Å². The third-order valence-electron chi connectivity index (χ3n) is 4.80. The molecule has 6 nitrogen and oxygen atoms in total. The van der Waals surface area contributed by atoms with E-state index < -0.39 is 4.92 Å². The van der Waals surface area contributed by atoms with Gasteiger partial charge in [-0.1, -0.05) is 13.8 Å². The largest absolute Gasteiger partial charge is 0.497 e. The molecule has 0 aliphatic heterocycles. The van der Waals surface area contributed by atoms with Crippen molar-refractivity contribution >= 4 is 5.69 Å². The van der Waals surface area contributed by atoms with Gasteiger partial charge in [-0.15, -0.1) is 0 Å². The Labute approximate surface area is 124 Å². The number of nitro groups is 1. The monoisotopic (exact) mass is 294 g/mol. The summed E-state index contributed by atoms with van der Waals surface area (Å²) in [4.78, 5) is 10.7. The summed E-state index contributed by atoms with van der Waals surface area (Å²) in [5.41, 5.74) is 5.99. The van der Waals surface area contributed by atoms with Crippen LogP contribution in [0.25, 0.3) is 0 Å². The molecule has 0 radical (unpaired) electrons. The molecule has 116 valence electrons. The Kier molecular flexibility index (Phi) is 4.37. The number of nitrogens with zero attached hydrogens (tertiary/aromatic N) is 1. The summed E-state index contributed by atoms with van der Waals surface area (Å²) < 4.78 is 11.1. The molecular weight excluding hydrogens is 272 g/mol. The number of methoxy groups -OCH3 is 1. The zero-order chi connectivity index (χ0) is 15.6. The highest BCUT2D eigenvalue weighted by molar-refractivity contribution is 5.51. The molecule has 1 fully saturated rings. The number of hydrogen-bond acceptors (Lipinski definition) is 5. The highest BCUT2D eigenvalue weighted by atomic mass is 16.6. The molecule has 1 aromatic carbocycles. The molecular formula is C15H22N2O4. The van der Waals surface area contributed by atoms with Gasteiger partial charge in [-0.2, -0.15) is 0 Å². The van der Waals surface area contributed by atoms with Gasteiger partial charge in [0.05, 0.1) is 12.0 Å². The Bertz CT molecular complexity index is 528. The van der Waals surface area contributed by atoms with Crippen molar-refractivity contribution in [3.8, 4) is 11.5 Å². The molecule has 0 saturated heterocycles. The first-order valence-electron chi connectivity index (χ1n) is 7.23. The van der Waals surface area contributed by atoms with Crippen molar-refractivity contribution in [1.82, 2.24) is 0 Å². The minimum Gasteiger partial charge on any atom is -0.497 e. The van der Waals surface area contributed by atoms with Gasteiger partial charge in [0, 0.05) is 30.0 Å². The molecule has 0 spiro atoms. The molecule has 1 aliphatic carbocycles. The molecule has 2 N–H and O–H groups in total. The van der Waals surface area contributed by atoms with Gasteiger partial charge in [0.25, 0.3) is 0 Å². The van der Waals surface area contributed by atoms with Crippen LogP contribution in [0.3, 0.4) is 0 Å². The van der Waals surface area contributed by atoms with Crippen molar-refractivity contribution < 1.29 is 14.4 Å². The molecule has 21 heavy (non-hydrogen) atoms. The number of ether oxygens (including phenoxy) is 2. The third kappa shape index (κ3) is 2.55. The topological polar surface area (TPSA) is 87.6 Å². The molecule has 0 aromatic heterocycles. The highest BCUT2D eigenvalue weighted by Gasteiger charge is 2.52. The Morgan fingerprint density at radius 3 is 2.57 bits per heavy atom. The quantitative estimate of drug-likeness (QED) is 0.644. The van der Waals surface area contributed by atoms with Gasteiger partial charge < -0.3 is 15.2 Å². The van der Waals surface area contributed by atoms with Crippen molar-refractivity contribution in [2.24, 2.45) is 11.1 Å². The van der Waals surface area contributed by atoms with Crippen LogP contribution in [-0.2, 0) is 0 Å². The smallest absolute Gasteiger partial charge is 0.311 e. The molecule has 2 atom stereocenters. The molecule has 0 amide bonds. The van der Waals surface area contributed by atoms with Gasteiger partial charge in [0.15, 0.2) is 0 Å². The van der Waals surface area contributed by atoms with Crippen LogP contribution in [0.5, 0.6) is 11.5 Å². The lowest BCUT2D eigenvalue weighted by Crippen LogP contribution is -2.62. The van der Waals surface area contributed by atoms with Gasteiger partial charge in [0.2, 0.25) is 5.75 Å². The van der Waals surface area contributed by atoms with E-state index in [1.165, 1.54) is 13.2 Å². The Hall–Kier alpha value is -1.82. The lowest BCUT2D eigenvalue weighted by Gasteiger charge is -2.53. The van der Waals surface area contributed by atoms with E-state index in [0.717, 1.165) is 19.3 Å². The average Bonchev–Trinajstić information content (AvgIpc) is 2.47. The summed E-state index contributed by atoms with van der Waals surface area (Å²) in [7, 11) is 1.52. The van der Waals surface area contributed by atoms with Crippen LogP contribution in [0.2, 0.25) is 0 Å². The first-order valence-corrected chi connectivity index (χ1v) is 7.23. The van der Waals surface area contributed by atoms with Crippen LogP contribution in [0.1, 0.15) is 33.1 Å². The van der Waals surface area contributed by atoms with Crippen LogP contribution in [0, 0.1) is 15.5 Å². The predicted octanol–water partition coefficient (Wildman–Crippen LogP) is 2.89. The second-order valence-corrected chi connectivity index (χ2v) is 5.48. The van der Waals surface area contributed by atoms with Gasteiger partial charge >= 0.3 is 5.69 Å². The van der Waals surface area contributed by atoms with Crippen molar-refractivity contribution in [2.75, 3.05) is 7.11 Å². The summed E-state index contributed by atoms with van der Waals surface area (Å²) in [6.07, 6.45) is 2.42. The van der Waals surface area contributed by atoms with E-state index in [1.807, 2.05) is 0 Å². The third-order valence-corrected chi connectivity index (χ3v) is 4.80. The number of hydrogen-bond donors (Lipinski definition) is 1. The molecule has 1 aromatic rings. The summed E-state index contributed by atoms with van der Waals surface area (Å²) in [5, 5.41) is 11.1. The standard InChI is InChI=1S/C15H22N2O4/c1-4-15(5-2)13(16)9-14(15)21-12-8-10(20-3)6-7-11(12)17(18)19/h6-8,13-14H,4-5,9,16H2,1-3H3. The second-order valence-electron chi connectivity index (χ2n) is 5.48. The second kappa shape index (κ2) is 5.89. The maximum absolute atomic E-state index is 11.1. The maximum Gasteiger partial charge on any atom is 0.311 e. The van der Waals surface area contributed by atoms with Gasteiger partial charge in [-0.3, -0.25) is 10.1 Å². The van der Waals surface area contributed by atoms with E-state index >= 15 is 0 Å². The molecule has 0 heterocycles. The molecule has 1 aliphatic rings. The van der Waals surface area contributed by atoms with E-state index in [4.69, 9.17) is 15.2 Å². The number of nitro benzene ring substituents is 1. The fourth-order valence-electron chi connectivity index (χ4n) is 3.19. The van der Waals surface area contributed by atoms with Crippen LogP contribution >= 0.6 is 0 Å². The lowest BCUT2D eigenvalue weighted by molar-refractivity contribution is -0.386. The van der Waals surface area contributed by atoms with Crippen LogP contribution < -0.4 is 15.2 Å². The number of nitrogens with two attached hydrogens (primary N) is 1. The summed E-state index contributed by atoms with van der Waals surface area (Å²) in [6, 6.07) is 4.62. The maximum atomic E-state index is 11.1. The minimum atomic E-state index is -0.438. The first kappa shape index (κ1) is 15.6. The number of benzene rings is 1. The van der Waals surface area contributed by atoms with E-state index in [-0.39, 0.29) is 29.0 Å². The summed E-state index contributed by atoms with van der Waals surface area (Å²) in [6.45, 7) is 4.16. The van der Waals surface area contributed by atoms with Crippen molar-refractivity contribution in [1.29, 1.82) is 0 Å². The van der Waals surface area contributed by atoms with Gasteiger partial charge in [-0.25, -0.2) is 0 Å².